The molecule has 0 aliphatic carbocycles. The van der Waals surface area contributed by atoms with Crippen molar-refractivity contribution >= 4 is 11.9 Å². The third-order valence-electron chi connectivity index (χ3n) is 4.31. The highest BCUT2D eigenvalue weighted by Gasteiger charge is 2.08. The molecule has 28 heavy (non-hydrogen) atoms. The largest absolute Gasteiger partial charge is 0.497 e. The monoisotopic (exact) mass is 386 g/mol. The van der Waals surface area contributed by atoms with E-state index < -0.39 is 0 Å². The number of nitrogens with zero attached hydrogens (tertiary/aromatic N) is 1. The van der Waals surface area contributed by atoms with E-state index >= 15 is 0 Å². The number of nitrogens with one attached hydrogen (secondary N) is 3. The van der Waals surface area contributed by atoms with Crippen molar-refractivity contribution in [2.24, 2.45) is 4.99 Å². The maximum Gasteiger partial charge on any atom is 0.287 e. The maximum atomic E-state index is 11.8. The molecule has 1 atom stereocenters. The fourth-order valence-corrected chi connectivity index (χ4v) is 2.66. The molecule has 0 aliphatic heterocycles. The lowest BCUT2D eigenvalue weighted by molar-refractivity contribution is 0.0926. The highest BCUT2D eigenvalue weighted by Crippen LogP contribution is 2.21. The molecular weight excluding hydrogens is 356 g/mol. The smallest absolute Gasteiger partial charge is 0.287 e. The average Bonchev–Trinajstić information content (AvgIpc) is 3.26. The van der Waals surface area contributed by atoms with Crippen molar-refractivity contribution in [3.63, 3.8) is 0 Å². The number of rotatable bonds is 10. The maximum absolute atomic E-state index is 11.8. The van der Waals surface area contributed by atoms with Gasteiger partial charge in [-0.2, -0.15) is 0 Å². The molecule has 0 spiro atoms. The van der Waals surface area contributed by atoms with Crippen LogP contribution in [0.4, 0.5) is 0 Å². The Morgan fingerprint density at radius 1 is 1.14 bits per heavy atom. The van der Waals surface area contributed by atoms with E-state index in [2.05, 4.69) is 40.0 Å². The second kappa shape index (κ2) is 11.7. The van der Waals surface area contributed by atoms with Crippen LogP contribution in [0.5, 0.6) is 5.75 Å². The number of hydrogen-bond donors (Lipinski definition) is 3. The van der Waals surface area contributed by atoms with E-state index in [1.165, 1.54) is 11.8 Å². The van der Waals surface area contributed by atoms with Crippen LogP contribution in [0.3, 0.4) is 0 Å². The molecule has 0 saturated carbocycles. The first-order chi connectivity index (χ1) is 13.6. The Morgan fingerprint density at radius 3 is 2.54 bits per heavy atom. The summed E-state index contributed by atoms with van der Waals surface area (Å²) in [6.07, 6.45) is 2.42. The van der Waals surface area contributed by atoms with Crippen molar-refractivity contribution in [3.8, 4) is 5.75 Å². The Hall–Kier alpha value is -2.96. The lowest BCUT2D eigenvalue weighted by Crippen LogP contribution is -2.41. The third kappa shape index (κ3) is 6.98. The molecule has 3 N–H and O–H groups in total. The predicted octanol–water partition coefficient (Wildman–Crippen LogP) is 2.77. The van der Waals surface area contributed by atoms with E-state index in [1.807, 2.05) is 19.1 Å². The predicted molar refractivity (Wildman–Crippen MR) is 111 cm³/mol. The zero-order valence-electron chi connectivity index (χ0n) is 16.8. The molecule has 0 fully saturated rings. The SMILES string of the molecule is CCNC(=NCCC(C)c1ccc(OC)cc1)NCCNC(=O)c1ccco1. The second-order valence-corrected chi connectivity index (χ2v) is 6.38. The van der Waals surface area contributed by atoms with E-state index in [1.54, 1.807) is 19.2 Å². The minimum Gasteiger partial charge on any atom is -0.497 e. The van der Waals surface area contributed by atoms with Gasteiger partial charge in [-0.05, 0) is 49.1 Å². The van der Waals surface area contributed by atoms with Crippen molar-refractivity contribution in [2.75, 3.05) is 33.3 Å². The van der Waals surface area contributed by atoms with E-state index in [0.717, 1.165) is 24.7 Å². The molecule has 1 unspecified atom stereocenters. The van der Waals surface area contributed by atoms with E-state index in [9.17, 15) is 4.79 Å². The van der Waals surface area contributed by atoms with Gasteiger partial charge in [0.05, 0.1) is 13.4 Å². The summed E-state index contributed by atoms with van der Waals surface area (Å²) in [5, 5.41) is 9.24. The summed E-state index contributed by atoms with van der Waals surface area (Å²) in [5.74, 6) is 2.11. The lowest BCUT2D eigenvalue weighted by atomic mass is 9.98. The summed E-state index contributed by atoms with van der Waals surface area (Å²) >= 11 is 0. The number of amides is 1. The first-order valence-corrected chi connectivity index (χ1v) is 9.61. The number of guanidine groups is 1. The van der Waals surface area contributed by atoms with Crippen molar-refractivity contribution in [2.45, 2.75) is 26.2 Å². The van der Waals surface area contributed by atoms with Crippen LogP contribution in [-0.4, -0.2) is 45.2 Å². The minimum absolute atomic E-state index is 0.220. The molecular formula is C21H30N4O3. The standard InChI is InChI=1S/C21H30N4O3/c1-4-22-21(25-14-13-23-20(26)19-6-5-15-28-19)24-12-11-16(2)17-7-9-18(27-3)10-8-17/h5-10,15-16H,4,11-14H2,1-3H3,(H,23,26)(H2,22,24,25). The van der Waals surface area contributed by atoms with E-state index in [0.29, 0.717) is 31.3 Å². The van der Waals surface area contributed by atoms with Crippen LogP contribution in [0, 0.1) is 0 Å². The number of carbonyl (C=O) groups is 1. The van der Waals surface area contributed by atoms with Gasteiger partial charge in [0, 0.05) is 26.2 Å². The molecule has 7 nitrogen and oxygen atoms in total. The highest BCUT2D eigenvalue weighted by molar-refractivity contribution is 5.91. The molecule has 0 radical (unpaired) electrons. The van der Waals surface area contributed by atoms with Gasteiger partial charge in [0.25, 0.3) is 5.91 Å². The van der Waals surface area contributed by atoms with Gasteiger partial charge in [-0.15, -0.1) is 0 Å². The van der Waals surface area contributed by atoms with Crippen LogP contribution < -0.4 is 20.7 Å². The van der Waals surface area contributed by atoms with Crippen LogP contribution in [0.25, 0.3) is 0 Å². The van der Waals surface area contributed by atoms with Gasteiger partial charge in [0.2, 0.25) is 0 Å². The first-order valence-electron chi connectivity index (χ1n) is 9.61. The van der Waals surface area contributed by atoms with Gasteiger partial charge >= 0.3 is 0 Å². The van der Waals surface area contributed by atoms with Gasteiger partial charge in [-0.1, -0.05) is 19.1 Å². The van der Waals surface area contributed by atoms with Crippen LogP contribution in [0.15, 0.2) is 52.1 Å². The number of carbonyl (C=O) groups excluding carboxylic acids is 1. The van der Waals surface area contributed by atoms with Gasteiger partial charge in [0.1, 0.15) is 5.75 Å². The van der Waals surface area contributed by atoms with Crippen LogP contribution in [0.1, 0.15) is 42.3 Å². The molecule has 2 aromatic rings. The first kappa shape index (κ1) is 21.3. The lowest BCUT2D eigenvalue weighted by Gasteiger charge is -2.14. The number of ether oxygens (including phenoxy) is 1. The van der Waals surface area contributed by atoms with Gasteiger partial charge < -0.3 is 25.1 Å². The summed E-state index contributed by atoms with van der Waals surface area (Å²) in [5.41, 5.74) is 1.27. The van der Waals surface area contributed by atoms with Crippen molar-refractivity contribution in [1.82, 2.24) is 16.0 Å². The van der Waals surface area contributed by atoms with Crippen LogP contribution >= 0.6 is 0 Å². The van der Waals surface area contributed by atoms with Crippen molar-refractivity contribution < 1.29 is 13.9 Å². The second-order valence-electron chi connectivity index (χ2n) is 6.38. The van der Waals surface area contributed by atoms with Gasteiger partial charge in [-0.3, -0.25) is 9.79 Å². The average molecular weight is 386 g/mol. The quantitative estimate of drug-likeness (QED) is 0.332. The topological polar surface area (TPSA) is 87.9 Å². The zero-order valence-corrected chi connectivity index (χ0v) is 16.8. The summed E-state index contributed by atoms with van der Waals surface area (Å²) < 4.78 is 10.3. The Bertz CT molecular complexity index is 727. The molecule has 1 aromatic carbocycles. The van der Waals surface area contributed by atoms with Crippen LogP contribution in [-0.2, 0) is 0 Å². The Morgan fingerprint density at radius 2 is 1.89 bits per heavy atom. The number of hydrogen-bond acceptors (Lipinski definition) is 4. The van der Waals surface area contributed by atoms with Gasteiger partial charge in [0.15, 0.2) is 11.7 Å². The molecule has 1 amide bonds. The summed E-state index contributed by atoms with van der Waals surface area (Å²) in [6, 6.07) is 11.5. The number of aliphatic imine (C=N–C) groups is 1. The molecule has 1 heterocycles. The van der Waals surface area contributed by atoms with Gasteiger partial charge in [-0.25, -0.2) is 0 Å². The fraction of sp³-hybridized carbons (Fsp3) is 0.429. The summed E-state index contributed by atoms with van der Waals surface area (Å²) in [4.78, 5) is 16.4. The minimum atomic E-state index is -0.220. The van der Waals surface area contributed by atoms with Crippen LogP contribution in [0.2, 0.25) is 0 Å². The molecule has 0 bridgehead atoms. The number of benzene rings is 1. The Balaban J connectivity index is 1.73. The number of methoxy groups -OCH3 is 1. The Labute approximate surface area is 166 Å². The molecule has 1 aromatic heterocycles. The summed E-state index contributed by atoms with van der Waals surface area (Å²) in [6.45, 7) is 6.76. The molecule has 0 saturated heterocycles. The molecule has 2 rings (SSSR count). The molecule has 0 aliphatic rings. The number of furan rings is 1. The van der Waals surface area contributed by atoms with E-state index in [4.69, 9.17) is 9.15 Å². The normalized spacial score (nSPS) is 12.3. The Kier molecular flexibility index (Phi) is 8.91. The third-order valence-corrected chi connectivity index (χ3v) is 4.31. The molecule has 152 valence electrons. The van der Waals surface area contributed by atoms with Crippen molar-refractivity contribution in [1.29, 1.82) is 0 Å². The summed E-state index contributed by atoms with van der Waals surface area (Å²) in [7, 11) is 1.67. The fourth-order valence-electron chi connectivity index (χ4n) is 2.66. The molecule has 7 heteroatoms. The highest BCUT2D eigenvalue weighted by atomic mass is 16.5. The zero-order chi connectivity index (χ0) is 20.2. The van der Waals surface area contributed by atoms with Crippen molar-refractivity contribution in [3.05, 3.63) is 54.0 Å². The van der Waals surface area contributed by atoms with E-state index in [-0.39, 0.29) is 5.91 Å².